The average Bonchev–Trinajstić information content (AvgIpc) is 3.91. The van der Waals surface area contributed by atoms with Crippen molar-refractivity contribution in [3.05, 3.63) is 222 Å². The first kappa shape index (κ1) is 36.9. The van der Waals surface area contributed by atoms with Crippen molar-refractivity contribution in [1.29, 1.82) is 0 Å². The van der Waals surface area contributed by atoms with Crippen LogP contribution in [0.1, 0.15) is 49.9 Å². The highest BCUT2D eigenvalue weighted by atomic mass is 16.3. The van der Waals surface area contributed by atoms with E-state index in [0.29, 0.717) is 0 Å². The number of rotatable bonds is 5. The van der Waals surface area contributed by atoms with Gasteiger partial charge in [-0.25, -0.2) is 0 Å². The van der Waals surface area contributed by atoms with E-state index < -0.39 is 0 Å². The zero-order valence-corrected chi connectivity index (χ0v) is 36.4. The lowest BCUT2D eigenvalue weighted by molar-refractivity contribution is 0.660. The summed E-state index contributed by atoms with van der Waals surface area (Å²) in [6.45, 7) is 9.49. The van der Waals surface area contributed by atoms with Gasteiger partial charge in [0.2, 0.25) is 0 Å². The molecule has 1 aromatic heterocycles. The number of anilines is 3. The summed E-state index contributed by atoms with van der Waals surface area (Å²) < 4.78 is 6.77. The van der Waals surface area contributed by atoms with Crippen molar-refractivity contribution in [2.45, 2.75) is 38.5 Å². The first-order valence-electron chi connectivity index (χ1n) is 22.5. The Morgan fingerprint density at radius 2 is 0.797 bits per heavy atom. The van der Waals surface area contributed by atoms with Gasteiger partial charge in [-0.15, -0.1) is 0 Å². The SMILES string of the molecule is CC1(C)c2ccccc2-c2ccc(N(c3ccc(-c4cccc5c4oc4ccccc45)c(-c4cc5ccccc5c5ccccc45)c3)c3ccc4c(c3)C(C)(C)c3ccccc3-4)cc21. The molecule has 0 radical (unpaired) electrons. The summed E-state index contributed by atoms with van der Waals surface area (Å²) in [4.78, 5) is 2.50. The lowest BCUT2D eigenvalue weighted by Gasteiger charge is -2.30. The van der Waals surface area contributed by atoms with Crippen LogP contribution in [0.2, 0.25) is 0 Å². The maximum absolute atomic E-state index is 6.77. The minimum atomic E-state index is -0.153. The maximum atomic E-state index is 6.77. The van der Waals surface area contributed by atoms with E-state index in [4.69, 9.17) is 4.42 Å². The Kier molecular flexibility index (Phi) is 7.74. The smallest absolute Gasteiger partial charge is 0.143 e. The van der Waals surface area contributed by atoms with Gasteiger partial charge in [0, 0.05) is 44.2 Å². The fourth-order valence-electron chi connectivity index (χ4n) is 11.5. The van der Waals surface area contributed by atoms with Crippen LogP contribution in [0.4, 0.5) is 17.1 Å². The van der Waals surface area contributed by atoms with Crippen LogP contribution in [-0.2, 0) is 10.8 Å². The van der Waals surface area contributed by atoms with Crippen LogP contribution < -0.4 is 4.90 Å². The van der Waals surface area contributed by atoms with Crippen LogP contribution in [0.3, 0.4) is 0 Å². The Bertz CT molecular complexity index is 3640. The molecule has 2 nitrogen and oxygen atoms in total. The van der Waals surface area contributed by atoms with Crippen LogP contribution in [0.5, 0.6) is 0 Å². The van der Waals surface area contributed by atoms with Crippen molar-refractivity contribution in [3.8, 4) is 44.5 Å². The van der Waals surface area contributed by atoms with E-state index in [0.717, 1.165) is 55.7 Å². The monoisotopic (exact) mass is 819 g/mol. The highest BCUT2D eigenvalue weighted by molar-refractivity contribution is 6.16. The van der Waals surface area contributed by atoms with Gasteiger partial charge in [0.1, 0.15) is 11.2 Å². The lowest BCUT2D eigenvalue weighted by atomic mass is 9.82. The summed E-state index contributed by atoms with van der Waals surface area (Å²) in [6, 6.07) is 74.3. The van der Waals surface area contributed by atoms with Crippen molar-refractivity contribution in [3.63, 3.8) is 0 Å². The standard InChI is InChI=1S/C62H45NO/c1-61(2)55-25-12-9-20-46(55)48-32-29-40(36-57(48)61)63(41-30-33-49-47-21-10-13-26-56(47)62(3,4)58(49)37-41)39-28-31-45(51-23-15-24-52-50-22-11-14-27-59(50)64-60(51)52)54(35-39)53-34-38-16-5-6-17-42(38)43-18-7-8-19-44(43)53/h5-37H,1-4H3. The number of para-hydroxylation sites is 2. The summed E-state index contributed by atoms with van der Waals surface area (Å²) in [7, 11) is 0. The van der Waals surface area contributed by atoms with Crippen molar-refractivity contribution in [2.24, 2.45) is 0 Å². The molecule has 1 heterocycles. The highest BCUT2D eigenvalue weighted by Gasteiger charge is 2.38. The van der Waals surface area contributed by atoms with Crippen molar-refractivity contribution < 1.29 is 4.42 Å². The normalized spacial score (nSPS) is 14.2. The minimum absolute atomic E-state index is 0.153. The molecule has 11 aromatic rings. The fraction of sp³-hybridized carbons (Fsp3) is 0.0968. The number of hydrogen-bond acceptors (Lipinski definition) is 2. The van der Waals surface area contributed by atoms with Gasteiger partial charge in [-0.05, 0) is 131 Å². The second kappa shape index (κ2) is 13.4. The van der Waals surface area contributed by atoms with E-state index in [9.17, 15) is 0 Å². The van der Waals surface area contributed by atoms with Crippen LogP contribution in [0.25, 0.3) is 88.0 Å². The largest absolute Gasteiger partial charge is 0.455 e. The molecule has 2 aliphatic carbocycles. The Balaban J connectivity index is 1.10. The third-order valence-electron chi connectivity index (χ3n) is 14.7. The second-order valence-corrected chi connectivity index (χ2v) is 18.8. The molecular weight excluding hydrogens is 775 g/mol. The van der Waals surface area contributed by atoms with Crippen LogP contribution >= 0.6 is 0 Å². The molecule has 0 saturated carbocycles. The third-order valence-corrected chi connectivity index (χ3v) is 14.7. The predicted octanol–water partition coefficient (Wildman–Crippen LogP) is 17.3. The fourth-order valence-corrected chi connectivity index (χ4v) is 11.5. The lowest BCUT2D eigenvalue weighted by Crippen LogP contribution is -2.18. The molecule has 64 heavy (non-hydrogen) atoms. The zero-order chi connectivity index (χ0) is 42.9. The second-order valence-electron chi connectivity index (χ2n) is 18.8. The van der Waals surface area contributed by atoms with E-state index in [1.165, 1.54) is 71.6 Å². The van der Waals surface area contributed by atoms with Crippen LogP contribution in [0.15, 0.2) is 205 Å². The Morgan fingerprint density at radius 1 is 0.312 bits per heavy atom. The number of furan rings is 1. The topological polar surface area (TPSA) is 16.4 Å². The van der Waals surface area contributed by atoms with Gasteiger partial charge in [0.05, 0.1) is 0 Å². The summed E-state index contributed by atoms with van der Waals surface area (Å²) in [5, 5.41) is 7.18. The predicted molar refractivity (Wildman–Crippen MR) is 269 cm³/mol. The van der Waals surface area contributed by atoms with E-state index in [2.05, 4.69) is 233 Å². The van der Waals surface area contributed by atoms with Gasteiger partial charge in [-0.2, -0.15) is 0 Å². The summed E-state index contributed by atoms with van der Waals surface area (Å²) in [6.07, 6.45) is 0. The summed E-state index contributed by atoms with van der Waals surface area (Å²) in [5.74, 6) is 0. The van der Waals surface area contributed by atoms with E-state index in [1.807, 2.05) is 0 Å². The highest BCUT2D eigenvalue weighted by Crippen LogP contribution is 2.54. The number of benzene rings is 10. The molecule has 0 bridgehead atoms. The van der Waals surface area contributed by atoms with Gasteiger partial charge in [0.25, 0.3) is 0 Å². The van der Waals surface area contributed by atoms with E-state index in [-0.39, 0.29) is 10.8 Å². The van der Waals surface area contributed by atoms with Crippen LogP contribution in [0, 0.1) is 0 Å². The first-order chi connectivity index (χ1) is 31.3. The molecule has 0 amide bonds. The van der Waals surface area contributed by atoms with Gasteiger partial charge in [-0.3, -0.25) is 0 Å². The molecule has 0 aliphatic heterocycles. The minimum Gasteiger partial charge on any atom is -0.455 e. The average molecular weight is 820 g/mol. The Morgan fingerprint density at radius 3 is 1.47 bits per heavy atom. The first-order valence-corrected chi connectivity index (χ1v) is 22.5. The van der Waals surface area contributed by atoms with Crippen molar-refractivity contribution in [1.82, 2.24) is 0 Å². The number of hydrogen-bond donors (Lipinski definition) is 0. The molecule has 0 unspecified atom stereocenters. The van der Waals surface area contributed by atoms with E-state index >= 15 is 0 Å². The molecule has 10 aromatic carbocycles. The van der Waals surface area contributed by atoms with Gasteiger partial charge >= 0.3 is 0 Å². The number of nitrogens with zero attached hydrogens (tertiary/aromatic N) is 1. The maximum Gasteiger partial charge on any atom is 0.143 e. The van der Waals surface area contributed by atoms with Gasteiger partial charge in [0.15, 0.2) is 0 Å². The third kappa shape index (κ3) is 5.20. The molecule has 0 N–H and O–H groups in total. The van der Waals surface area contributed by atoms with Gasteiger partial charge in [-0.1, -0.05) is 179 Å². The zero-order valence-electron chi connectivity index (χ0n) is 36.4. The molecule has 0 atom stereocenters. The Hall–Kier alpha value is -7.68. The van der Waals surface area contributed by atoms with Gasteiger partial charge < -0.3 is 9.32 Å². The number of fused-ring (bicyclic) bond motifs is 12. The van der Waals surface area contributed by atoms with Crippen LogP contribution in [-0.4, -0.2) is 0 Å². The molecule has 0 spiro atoms. The van der Waals surface area contributed by atoms with Crippen molar-refractivity contribution in [2.75, 3.05) is 4.90 Å². The summed E-state index contributed by atoms with van der Waals surface area (Å²) >= 11 is 0. The van der Waals surface area contributed by atoms with Crippen molar-refractivity contribution >= 4 is 60.5 Å². The summed E-state index contributed by atoms with van der Waals surface area (Å²) in [5.41, 5.74) is 20.1. The van der Waals surface area contributed by atoms with E-state index in [1.54, 1.807) is 0 Å². The molecule has 0 fully saturated rings. The molecule has 2 heteroatoms. The molecule has 2 aliphatic rings. The molecule has 13 rings (SSSR count). The Labute approximate surface area is 373 Å². The molecule has 0 saturated heterocycles. The molecular formula is C62H45NO. The quantitative estimate of drug-likeness (QED) is 0.161. The molecule has 304 valence electrons.